The number of carboxylic acid groups (broad SMARTS) is 1. The molecule has 0 spiro atoms. The van der Waals surface area contributed by atoms with Gasteiger partial charge in [-0.05, 0) is 44.4 Å². The lowest BCUT2D eigenvalue weighted by Crippen LogP contribution is -2.28. The van der Waals surface area contributed by atoms with E-state index in [0.717, 1.165) is 11.1 Å². The van der Waals surface area contributed by atoms with Gasteiger partial charge < -0.3 is 14.9 Å². The highest BCUT2D eigenvalue weighted by molar-refractivity contribution is 5.75. The molecule has 0 bridgehead atoms. The number of aliphatic hydroxyl groups is 1. The molecule has 0 fully saturated rings. The van der Waals surface area contributed by atoms with Crippen molar-refractivity contribution in [2.45, 2.75) is 46.0 Å². The molecular weight excluding hydrogens is 232 g/mol. The van der Waals surface area contributed by atoms with Crippen molar-refractivity contribution in [1.82, 2.24) is 0 Å². The van der Waals surface area contributed by atoms with Gasteiger partial charge in [0.2, 0.25) is 0 Å². The Bertz CT molecular complexity index is 426. The van der Waals surface area contributed by atoms with E-state index in [2.05, 4.69) is 0 Å². The second-order valence-corrected chi connectivity index (χ2v) is 4.59. The standard InChI is InChI=1S/C14H20O4/c1-8-6-5-7-12(9(8)2)13(14(16)17)18-11(4)10(3)15/h5-7,10-11,13,15H,1-4H3,(H,16,17). The molecule has 0 radical (unpaired) electrons. The third-order valence-corrected chi connectivity index (χ3v) is 3.18. The van der Waals surface area contributed by atoms with Crippen molar-refractivity contribution in [3.05, 3.63) is 34.9 Å². The number of hydrogen-bond acceptors (Lipinski definition) is 3. The van der Waals surface area contributed by atoms with Crippen LogP contribution in [0.1, 0.15) is 36.6 Å². The molecule has 1 aromatic rings. The second kappa shape index (κ2) is 5.98. The first-order chi connectivity index (χ1) is 8.34. The predicted molar refractivity (Wildman–Crippen MR) is 68.5 cm³/mol. The Morgan fingerprint density at radius 3 is 2.39 bits per heavy atom. The van der Waals surface area contributed by atoms with E-state index in [1.165, 1.54) is 0 Å². The number of carbonyl (C=O) groups is 1. The Kier molecular flexibility index (Phi) is 4.87. The van der Waals surface area contributed by atoms with Gasteiger partial charge in [-0.25, -0.2) is 4.79 Å². The van der Waals surface area contributed by atoms with Crippen LogP contribution in [0.25, 0.3) is 0 Å². The van der Waals surface area contributed by atoms with Crippen molar-refractivity contribution in [3.8, 4) is 0 Å². The van der Waals surface area contributed by atoms with Crippen LogP contribution >= 0.6 is 0 Å². The summed E-state index contributed by atoms with van der Waals surface area (Å²) in [7, 11) is 0. The molecule has 2 N–H and O–H groups in total. The summed E-state index contributed by atoms with van der Waals surface area (Å²) in [6.07, 6.45) is -2.29. The minimum Gasteiger partial charge on any atom is -0.479 e. The van der Waals surface area contributed by atoms with Crippen LogP contribution in [0.3, 0.4) is 0 Å². The van der Waals surface area contributed by atoms with Gasteiger partial charge in [-0.3, -0.25) is 0 Å². The van der Waals surface area contributed by atoms with Crippen molar-refractivity contribution >= 4 is 5.97 Å². The Morgan fingerprint density at radius 2 is 1.89 bits per heavy atom. The summed E-state index contributed by atoms with van der Waals surface area (Å²) >= 11 is 0. The molecule has 0 saturated carbocycles. The van der Waals surface area contributed by atoms with Gasteiger partial charge in [-0.1, -0.05) is 18.2 Å². The lowest BCUT2D eigenvalue weighted by Gasteiger charge is -2.23. The topological polar surface area (TPSA) is 66.8 Å². The number of aryl methyl sites for hydroxylation is 1. The molecule has 18 heavy (non-hydrogen) atoms. The molecule has 1 aromatic carbocycles. The van der Waals surface area contributed by atoms with E-state index in [1.807, 2.05) is 26.0 Å². The summed E-state index contributed by atoms with van der Waals surface area (Å²) in [4.78, 5) is 11.3. The molecule has 4 nitrogen and oxygen atoms in total. The molecule has 0 heterocycles. The van der Waals surface area contributed by atoms with Crippen molar-refractivity contribution < 1.29 is 19.7 Å². The molecule has 100 valence electrons. The molecule has 3 atom stereocenters. The molecule has 0 aliphatic carbocycles. The normalized spacial score (nSPS) is 16.1. The van der Waals surface area contributed by atoms with Crippen LogP contribution in [0.15, 0.2) is 18.2 Å². The van der Waals surface area contributed by atoms with Crippen molar-refractivity contribution in [1.29, 1.82) is 0 Å². The van der Waals surface area contributed by atoms with Crippen LogP contribution in [0, 0.1) is 13.8 Å². The number of rotatable bonds is 5. The minimum atomic E-state index is -1.05. The number of ether oxygens (including phenoxy) is 1. The largest absolute Gasteiger partial charge is 0.479 e. The highest BCUT2D eigenvalue weighted by Gasteiger charge is 2.26. The molecule has 1 rings (SSSR count). The number of hydrogen-bond donors (Lipinski definition) is 2. The molecular formula is C14H20O4. The third kappa shape index (κ3) is 3.31. The average molecular weight is 252 g/mol. The van der Waals surface area contributed by atoms with Crippen molar-refractivity contribution in [3.63, 3.8) is 0 Å². The Morgan fingerprint density at radius 1 is 1.28 bits per heavy atom. The van der Waals surface area contributed by atoms with Gasteiger partial charge >= 0.3 is 5.97 Å². The smallest absolute Gasteiger partial charge is 0.337 e. The highest BCUT2D eigenvalue weighted by Crippen LogP contribution is 2.25. The molecule has 0 aliphatic heterocycles. The Labute approximate surface area is 107 Å². The summed E-state index contributed by atoms with van der Waals surface area (Å²) in [5.74, 6) is -1.05. The van der Waals surface area contributed by atoms with Gasteiger partial charge in [-0.2, -0.15) is 0 Å². The molecule has 3 unspecified atom stereocenters. The first-order valence-corrected chi connectivity index (χ1v) is 5.97. The van der Waals surface area contributed by atoms with Crippen molar-refractivity contribution in [2.75, 3.05) is 0 Å². The first kappa shape index (κ1) is 14.7. The van der Waals surface area contributed by atoms with E-state index < -0.39 is 24.3 Å². The number of aliphatic carboxylic acids is 1. The zero-order valence-corrected chi connectivity index (χ0v) is 11.2. The second-order valence-electron chi connectivity index (χ2n) is 4.59. The zero-order valence-electron chi connectivity index (χ0n) is 11.2. The highest BCUT2D eigenvalue weighted by atomic mass is 16.5. The van der Waals surface area contributed by atoms with E-state index in [-0.39, 0.29) is 0 Å². The van der Waals surface area contributed by atoms with Gasteiger partial charge in [0, 0.05) is 0 Å². The predicted octanol–water partition coefficient (Wildman–Crippen LogP) is 2.22. The first-order valence-electron chi connectivity index (χ1n) is 5.97. The monoisotopic (exact) mass is 252 g/mol. The van der Waals surface area contributed by atoms with Gasteiger partial charge in [-0.15, -0.1) is 0 Å². The van der Waals surface area contributed by atoms with Gasteiger partial charge in [0.1, 0.15) is 0 Å². The fourth-order valence-corrected chi connectivity index (χ4v) is 1.65. The molecule has 4 heteroatoms. The summed E-state index contributed by atoms with van der Waals surface area (Å²) in [6.45, 7) is 7.03. The number of carboxylic acids is 1. The zero-order chi connectivity index (χ0) is 13.9. The summed E-state index contributed by atoms with van der Waals surface area (Å²) in [6, 6.07) is 5.48. The average Bonchev–Trinajstić information content (AvgIpc) is 2.29. The summed E-state index contributed by atoms with van der Waals surface area (Å²) in [5.41, 5.74) is 2.56. The lowest BCUT2D eigenvalue weighted by molar-refractivity contribution is -0.158. The maximum atomic E-state index is 11.3. The summed E-state index contributed by atoms with van der Waals surface area (Å²) in [5, 5.41) is 18.7. The fraction of sp³-hybridized carbons (Fsp3) is 0.500. The maximum Gasteiger partial charge on any atom is 0.337 e. The molecule has 0 aromatic heterocycles. The van der Waals surface area contributed by atoms with Gasteiger partial charge in [0.25, 0.3) is 0 Å². The van der Waals surface area contributed by atoms with Gasteiger partial charge in [0.05, 0.1) is 12.2 Å². The maximum absolute atomic E-state index is 11.3. The molecule has 0 saturated heterocycles. The van der Waals surface area contributed by atoms with Crippen LogP contribution in [0.2, 0.25) is 0 Å². The Hall–Kier alpha value is -1.39. The van der Waals surface area contributed by atoms with E-state index >= 15 is 0 Å². The van der Waals surface area contributed by atoms with Crippen LogP contribution in [-0.2, 0) is 9.53 Å². The Balaban J connectivity index is 3.05. The van der Waals surface area contributed by atoms with Crippen molar-refractivity contribution in [2.24, 2.45) is 0 Å². The third-order valence-electron chi connectivity index (χ3n) is 3.18. The minimum absolute atomic E-state index is 0.536. The number of benzene rings is 1. The number of aliphatic hydroxyl groups excluding tert-OH is 1. The summed E-state index contributed by atoms with van der Waals surface area (Å²) < 4.78 is 5.45. The quantitative estimate of drug-likeness (QED) is 0.843. The van der Waals surface area contributed by atoms with Crippen LogP contribution < -0.4 is 0 Å². The lowest BCUT2D eigenvalue weighted by atomic mass is 9.99. The van der Waals surface area contributed by atoms with Gasteiger partial charge in [0.15, 0.2) is 6.10 Å². The van der Waals surface area contributed by atoms with E-state index in [0.29, 0.717) is 5.56 Å². The van der Waals surface area contributed by atoms with E-state index in [4.69, 9.17) is 4.74 Å². The SMILES string of the molecule is Cc1cccc(C(OC(C)C(C)O)C(=O)O)c1C. The van der Waals surface area contributed by atoms with Crippen LogP contribution in [0.5, 0.6) is 0 Å². The van der Waals surface area contributed by atoms with E-state index in [9.17, 15) is 15.0 Å². The van der Waals surface area contributed by atoms with E-state index in [1.54, 1.807) is 19.9 Å². The fourth-order valence-electron chi connectivity index (χ4n) is 1.65. The van der Waals surface area contributed by atoms with Crippen LogP contribution in [0.4, 0.5) is 0 Å². The molecule has 0 amide bonds. The van der Waals surface area contributed by atoms with Crippen LogP contribution in [-0.4, -0.2) is 28.4 Å². The molecule has 0 aliphatic rings.